The van der Waals surface area contributed by atoms with E-state index in [4.69, 9.17) is 0 Å². The van der Waals surface area contributed by atoms with Crippen molar-refractivity contribution in [3.63, 3.8) is 0 Å². The number of likely N-dealkylation sites (N-methyl/N-ethyl adjacent to an activating group) is 1. The van der Waals surface area contributed by atoms with Crippen molar-refractivity contribution in [3.05, 3.63) is 23.9 Å². The third kappa shape index (κ3) is 7.12. The molecule has 2 N–H and O–H groups in total. The zero-order valence-electron chi connectivity index (χ0n) is 15.8. The van der Waals surface area contributed by atoms with Crippen LogP contribution < -0.4 is 15.5 Å². The van der Waals surface area contributed by atoms with Gasteiger partial charge in [-0.1, -0.05) is 6.07 Å². The summed E-state index contributed by atoms with van der Waals surface area (Å²) in [6.45, 7) is 6.00. The SMILES string of the molecule is CN=C(NCCCCSC)NCc1ccc(N2CCN(C)CC2)nc1. The number of piperazine rings is 1. The fourth-order valence-electron chi connectivity index (χ4n) is 2.73. The number of thioether (sulfide) groups is 1. The van der Waals surface area contributed by atoms with Crippen molar-refractivity contribution < 1.29 is 0 Å². The van der Waals surface area contributed by atoms with Crippen LogP contribution in [0.25, 0.3) is 0 Å². The molecule has 0 saturated carbocycles. The van der Waals surface area contributed by atoms with E-state index >= 15 is 0 Å². The topological polar surface area (TPSA) is 55.8 Å². The standard InChI is InChI=1S/C18H32N6S/c1-19-18(20-8-4-5-13-25-3)22-15-16-6-7-17(21-14-16)24-11-9-23(2)10-12-24/h6-7,14H,4-5,8-13,15H2,1-3H3,(H2,19,20,22). The summed E-state index contributed by atoms with van der Waals surface area (Å²) in [7, 11) is 3.98. The number of hydrogen-bond donors (Lipinski definition) is 2. The highest BCUT2D eigenvalue weighted by Gasteiger charge is 2.14. The lowest BCUT2D eigenvalue weighted by atomic mass is 10.2. The van der Waals surface area contributed by atoms with Gasteiger partial charge in [-0.05, 0) is 43.5 Å². The van der Waals surface area contributed by atoms with E-state index in [1.54, 1.807) is 0 Å². The van der Waals surface area contributed by atoms with Crippen LogP contribution in [0, 0.1) is 0 Å². The second-order valence-electron chi connectivity index (χ2n) is 6.37. The van der Waals surface area contributed by atoms with Crippen LogP contribution in [0.2, 0.25) is 0 Å². The molecule has 0 unspecified atom stereocenters. The Balaban J connectivity index is 1.73. The number of pyridine rings is 1. The average molecular weight is 365 g/mol. The minimum absolute atomic E-state index is 0.737. The van der Waals surface area contributed by atoms with Crippen LogP contribution in [-0.4, -0.2) is 74.7 Å². The van der Waals surface area contributed by atoms with Gasteiger partial charge in [0.15, 0.2) is 5.96 Å². The van der Waals surface area contributed by atoms with Gasteiger partial charge in [0.2, 0.25) is 0 Å². The molecule has 2 heterocycles. The molecule has 0 bridgehead atoms. The maximum absolute atomic E-state index is 4.63. The van der Waals surface area contributed by atoms with E-state index < -0.39 is 0 Å². The lowest BCUT2D eigenvalue weighted by Gasteiger charge is -2.33. The molecular formula is C18H32N6S. The summed E-state index contributed by atoms with van der Waals surface area (Å²) in [5.74, 6) is 3.15. The van der Waals surface area contributed by atoms with Gasteiger partial charge in [0.05, 0.1) is 0 Å². The molecule has 1 aromatic rings. The van der Waals surface area contributed by atoms with Crippen LogP contribution >= 0.6 is 11.8 Å². The van der Waals surface area contributed by atoms with Gasteiger partial charge in [-0.2, -0.15) is 11.8 Å². The monoisotopic (exact) mass is 364 g/mol. The van der Waals surface area contributed by atoms with E-state index in [1.807, 2.05) is 25.0 Å². The lowest BCUT2D eigenvalue weighted by molar-refractivity contribution is 0.312. The molecule has 2 rings (SSSR count). The van der Waals surface area contributed by atoms with E-state index in [2.05, 4.69) is 55.8 Å². The van der Waals surface area contributed by atoms with E-state index in [0.717, 1.165) is 51.0 Å². The predicted molar refractivity (Wildman–Crippen MR) is 110 cm³/mol. The maximum Gasteiger partial charge on any atom is 0.191 e. The quantitative estimate of drug-likeness (QED) is 0.416. The van der Waals surface area contributed by atoms with Crippen LogP contribution in [0.1, 0.15) is 18.4 Å². The fourth-order valence-corrected chi connectivity index (χ4v) is 3.22. The summed E-state index contributed by atoms with van der Waals surface area (Å²) in [6, 6.07) is 4.28. The van der Waals surface area contributed by atoms with E-state index in [1.165, 1.54) is 24.2 Å². The number of nitrogens with zero attached hydrogens (tertiary/aromatic N) is 4. The molecule has 1 aromatic heterocycles. The summed E-state index contributed by atoms with van der Waals surface area (Å²) in [5, 5.41) is 6.72. The molecule has 0 aliphatic carbocycles. The van der Waals surface area contributed by atoms with Crippen LogP contribution in [0.3, 0.4) is 0 Å². The van der Waals surface area contributed by atoms with Gasteiger partial charge < -0.3 is 20.4 Å². The first-order valence-electron chi connectivity index (χ1n) is 9.05. The Bertz CT molecular complexity index is 511. The van der Waals surface area contributed by atoms with Crippen molar-refractivity contribution in [1.29, 1.82) is 0 Å². The van der Waals surface area contributed by atoms with E-state index in [9.17, 15) is 0 Å². The Morgan fingerprint density at radius 1 is 1.20 bits per heavy atom. The van der Waals surface area contributed by atoms with Crippen LogP contribution in [0.5, 0.6) is 0 Å². The second-order valence-corrected chi connectivity index (χ2v) is 7.35. The third-order valence-corrected chi connectivity index (χ3v) is 5.08. The first-order chi connectivity index (χ1) is 12.2. The fraction of sp³-hybridized carbons (Fsp3) is 0.667. The summed E-state index contributed by atoms with van der Waals surface area (Å²) in [4.78, 5) is 13.6. The van der Waals surface area contributed by atoms with Gasteiger partial charge in [-0.25, -0.2) is 4.98 Å². The number of aliphatic imine (C=N–C) groups is 1. The van der Waals surface area contributed by atoms with Crippen LogP contribution in [-0.2, 0) is 6.54 Å². The molecule has 0 amide bonds. The van der Waals surface area contributed by atoms with E-state index in [-0.39, 0.29) is 0 Å². The maximum atomic E-state index is 4.63. The van der Waals surface area contributed by atoms with Crippen LogP contribution in [0.4, 0.5) is 5.82 Å². The van der Waals surface area contributed by atoms with Crippen molar-refractivity contribution in [2.45, 2.75) is 19.4 Å². The minimum atomic E-state index is 0.737. The van der Waals surface area contributed by atoms with Gasteiger partial charge in [-0.3, -0.25) is 4.99 Å². The van der Waals surface area contributed by atoms with Gasteiger partial charge in [-0.15, -0.1) is 0 Å². The molecule has 1 aliphatic heterocycles. The van der Waals surface area contributed by atoms with Gasteiger partial charge in [0.25, 0.3) is 0 Å². The van der Waals surface area contributed by atoms with Crippen molar-refractivity contribution in [2.24, 2.45) is 4.99 Å². The first-order valence-corrected chi connectivity index (χ1v) is 10.4. The normalized spacial score (nSPS) is 16.1. The van der Waals surface area contributed by atoms with Gasteiger partial charge in [0, 0.05) is 52.5 Å². The Hall–Kier alpha value is -1.47. The number of hydrogen-bond acceptors (Lipinski definition) is 5. The number of anilines is 1. The van der Waals surface area contributed by atoms with Crippen molar-refractivity contribution in [1.82, 2.24) is 20.5 Å². The molecule has 7 heteroatoms. The molecule has 140 valence electrons. The highest BCUT2D eigenvalue weighted by Crippen LogP contribution is 2.13. The summed E-state index contributed by atoms with van der Waals surface area (Å²) in [5.41, 5.74) is 1.17. The number of rotatable bonds is 8. The zero-order chi connectivity index (χ0) is 17.9. The molecule has 0 atom stereocenters. The Kier molecular flexibility index (Phi) is 8.90. The van der Waals surface area contributed by atoms with Crippen molar-refractivity contribution >= 4 is 23.5 Å². The molecule has 6 nitrogen and oxygen atoms in total. The molecule has 1 saturated heterocycles. The Morgan fingerprint density at radius 3 is 2.64 bits per heavy atom. The van der Waals surface area contributed by atoms with Crippen molar-refractivity contribution in [2.75, 3.05) is 63.7 Å². The molecule has 1 fully saturated rings. The molecule has 25 heavy (non-hydrogen) atoms. The Labute approximate surface area is 156 Å². The smallest absolute Gasteiger partial charge is 0.191 e. The largest absolute Gasteiger partial charge is 0.356 e. The summed E-state index contributed by atoms with van der Waals surface area (Å²) in [6.07, 6.45) is 6.52. The highest BCUT2D eigenvalue weighted by molar-refractivity contribution is 7.98. The lowest BCUT2D eigenvalue weighted by Crippen LogP contribution is -2.44. The highest BCUT2D eigenvalue weighted by atomic mass is 32.2. The number of nitrogens with one attached hydrogen (secondary N) is 2. The van der Waals surface area contributed by atoms with Crippen molar-refractivity contribution in [3.8, 4) is 0 Å². The second kappa shape index (κ2) is 11.2. The minimum Gasteiger partial charge on any atom is -0.356 e. The molecule has 0 aromatic carbocycles. The molecule has 1 aliphatic rings. The van der Waals surface area contributed by atoms with Gasteiger partial charge >= 0.3 is 0 Å². The van der Waals surface area contributed by atoms with Crippen LogP contribution in [0.15, 0.2) is 23.3 Å². The third-order valence-electron chi connectivity index (χ3n) is 4.39. The van der Waals surface area contributed by atoms with Gasteiger partial charge in [0.1, 0.15) is 5.82 Å². The molecule has 0 radical (unpaired) electrons. The molecule has 0 spiro atoms. The first kappa shape index (κ1) is 19.8. The summed E-state index contributed by atoms with van der Waals surface area (Å²) < 4.78 is 0. The number of guanidine groups is 1. The summed E-state index contributed by atoms with van der Waals surface area (Å²) >= 11 is 1.90. The average Bonchev–Trinajstić information content (AvgIpc) is 2.65. The number of aromatic nitrogens is 1. The molecular weight excluding hydrogens is 332 g/mol. The zero-order valence-corrected chi connectivity index (χ0v) is 16.6. The number of unbranched alkanes of at least 4 members (excludes halogenated alkanes) is 1. The Morgan fingerprint density at radius 2 is 2.00 bits per heavy atom. The predicted octanol–water partition coefficient (Wildman–Crippen LogP) is 1.64. The van der Waals surface area contributed by atoms with E-state index in [0.29, 0.717) is 0 Å².